The normalized spacial score (nSPS) is 13.7. The molecule has 0 radical (unpaired) electrons. The monoisotopic (exact) mass is 520 g/mol. The fourth-order valence-corrected chi connectivity index (χ4v) is 3.96. The number of rotatable bonds is 7. The van der Waals surface area contributed by atoms with Crippen LogP contribution in [0, 0.1) is 0 Å². The van der Waals surface area contributed by atoms with Gasteiger partial charge in [0.05, 0.1) is 12.5 Å². The van der Waals surface area contributed by atoms with Crippen molar-refractivity contribution < 1.29 is 22.4 Å². The maximum absolute atomic E-state index is 12.7. The first kappa shape index (κ1) is 26.5. The van der Waals surface area contributed by atoms with Gasteiger partial charge in [-0.25, -0.2) is 23.2 Å². The third kappa shape index (κ3) is 6.95. The lowest BCUT2D eigenvalue weighted by atomic mass is 9.90. The molecule has 0 aliphatic rings. The van der Waals surface area contributed by atoms with E-state index >= 15 is 0 Å². The number of hydrogen-bond acceptors (Lipinski definition) is 7. The molecule has 0 aliphatic carbocycles. The molecule has 3 rings (SSSR count). The van der Waals surface area contributed by atoms with Crippen LogP contribution in [0.2, 0.25) is 5.15 Å². The highest BCUT2D eigenvalue weighted by molar-refractivity contribution is 7.92. The first-order valence-electron chi connectivity index (χ1n) is 10.8. The molecule has 2 aromatic heterocycles. The quantitative estimate of drug-likeness (QED) is 0.446. The zero-order valence-electron chi connectivity index (χ0n) is 20.5. The van der Waals surface area contributed by atoms with Gasteiger partial charge in [-0.1, -0.05) is 41.9 Å². The number of oxazole rings is 1. The van der Waals surface area contributed by atoms with E-state index in [9.17, 15) is 13.2 Å². The number of nitrogens with one attached hydrogen (secondary N) is 1. The number of benzene rings is 1. The Morgan fingerprint density at radius 2 is 1.83 bits per heavy atom. The Labute approximate surface area is 210 Å². The average molecular weight is 521 g/mol. The predicted octanol–water partition coefficient (Wildman–Crippen LogP) is 4.77. The standard InChI is InChI=1S/C24H29ClN4O5S/c1-23(2,3)34-22(30)28-24(4,14-16-10-8-7-9-11-16)18-15-26-21(33-18)17-12-19(25)27-20(13-17)29(5)35(6,31)32/h7-13,15H,14H2,1-6H3,(H,28,30)/t24-/m1/s1. The summed E-state index contributed by atoms with van der Waals surface area (Å²) in [7, 11) is -2.18. The minimum atomic E-state index is -3.55. The Morgan fingerprint density at radius 3 is 2.43 bits per heavy atom. The van der Waals surface area contributed by atoms with Gasteiger partial charge in [0.1, 0.15) is 22.1 Å². The number of amides is 1. The van der Waals surface area contributed by atoms with E-state index in [0.717, 1.165) is 16.1 Å². The van der Waals surface area contributed by atoms with Crippen molar-refractivity contribution >= 4 is 33.5 Å². The molecule has 3 aromatic rings. The zero-order chi connectivity index (χ0) is 26.0. The summed E-state index contributed by atoms with van der Waals surface area (Å²) in [6, 6.07) is 12.7. The van der Waals surface area contributed by atoms with E-state index in [1.165, 1.54) is 25.4 Å². The molecule has 0 saturated carbocycles. The third-order valence-corrected chi connectivity index (χ3v) is 6.45. The van der Waals surface area contributed by atoms with Crippen molar-refractivity contribution in [3.05, 3.63) is 65.1 Å². The lowest BCUT2D eigenvalue weighted by Gasteiger charge is -2.30. The number of hydrogen-bond donors (Lipinski definition) is 1. The van der Waals surface area contributed by atoms with Crippen LogP contribution in [0.1, 0.15) is 39.0 Å². The minimum Gasteiger partial charge on any atom is -0.444 e. The van der Waals surface area contributed by atoms with Crippen molar-refractivity contribution in [1.29, 1.82) is 0 Å². The highest BCUT2D eigenvalue weighted by atomic mass is 35.5. The Kier molecular flexibility index (Phi) is 7.47. The van der Waals surface area contributed by atoms with E-state index in [-0.39, 0.29) is 16.9 Å². The van der Waals surface area contributed by atoms with Crippen LogP contribution in [-0.2, 0) is 26.7 Å². The molecule has 35 heavy (non-hydrogen) atoms. The molecule has 0 fully saturated rings. The minimum absolute atomic E-state index is 0.0756. The van der Waals surface area contributed by atoms with Crippen LogP contribution in [0.5, 0.6) is 0 Å². The van der Waals surface area contributed by atoms with Crippen LogP contribution >= 0.6 is 11.6 Å². The molecule has 1 N–H and O–H groups in total. The Morgan fingerprint density at radius 1 is 1.17 bits per heavy atom. The third-order valence-electron chi connectivity index (χ3n) is 5.07. The van der Waals surface area contributed by atoms with Gasteiger partial charge in [0.15, 0.2) is 5.76 Å². The number of carbonyl (C=O) groups excluding carboxylic acids is 1. The zero-order valence-corrected chi connectivity index (χ0v) is 22.1. The molecular weight excluding hydrogens is 492 g/mol. The van der Waals surface area contributed by atoms with Crippen molar-refractivity contribution in [3.63, 3.8) is 0 Å². The molecule has 188 valence electrons. The van der Waals surface area contributed by atoms with Gasteiger partial charge >= 0.3 is 6.09 Å². The van der Waals surface area contributed by atoms with E-state index in [2.05, 4.69) is 15.3 Å². The SMILES string of the molecule is CN(c1cc(-c2ncc([C@@](C)(Cc3ccccc3)NC(=O)OC(C)(C)C)o2)cc(Cl)n1)S(C)(=O)=O. The number of halogens is 1. The number of ether oxygens (including phenoxy) is 1. The van der Waals surface area contributed by atoms with E-state index < -0.39 is 27.3 Å². The summed E-state index contributed by atoms with van der Waals surface area (Å²) in [5.74, 6) is 0.694. The van der Waals surface area contributed by atoms with Crippen molar-refractivity contribution in [2.75, 3.05) is 17.6 Å². The van der Waals surface area contributed by atoms with Gasteiger partial charge in [-0.2, -0.15) is 0 Å². The van der Waals surface area contributed by atoms with E-state index in [1.54, 1.807) is 20.8 Å². The fourth-order valence-electron chi connectivity index (χ4n) is 3.33. The van der Waals surface area contributed by atoms with Crippen molar-refractivity contribution in [2.24, 2.45) is 0 Å². The first-order valence-corrected chi connectivity index (χ1v) is 13.0. The van der Waals surface area contributed by atoms with Crippen LogP contribution < -0.4 is 9.62 Å². The van der Waals surface area contributed by atoms with E-state index in [1.807, 2.05) is 37.3 Å². The molecule has 0 bridgehead atoms. The van der Waals surface area contributed by atoms with Gasteiger partial charge in [0, 0.05) is 19.0 Å². The van der Waals surface area contributed by atoms with Crippen LogP contribution in [0.15, 0.2) is 53.1 Å². The molecule has 0 spiro atoms. The molecule has 2 heterocycles. The predicted molar refractivity (Wildman–Crippen MR) is 135 cm³/mol. The number of nitrogens with zero attached hydrogens (tertiary/aromatic N) is 3. The maximum atomic E-state index is 12.7. The molecule has 1 amide bonds. The van der Waals surface area contributed by atoms with Gasteiger partial charge in [0.2, 0.25) is 15.9 Å². The molecular formula is C24H29ClN4O5S. The van der Waals surface area contributed by atoms with Gasteiger partial charge in [-0.3, -0.25) is 4.31 Å². The molecule has 1 aromatic carbocycles. The summed E-state index contributed by atoms with van der Waals surface area (Å²) in [6.45, 7) is 7.17. The van der Waals surface area contributed by atoms with Gasteiger partial charge in [-0.15, -0.1) is 0 Å². The first-order chi connectivity index (χ1) is 16.2. The van der Waals surface area contributed by atoms with E-state index in [4.69, 9.17) is 20.8 Å². The van der Waals surface area contributed by atoms with E-state index in [0.29, 0.717) is 17.7 Å². The van der Waals surface area contributed by atoms with Crippen molar-refractivity contribution in [1.82, 2.24) is 15.3 Å². The van der Waals surface area contributed by atoms with Crippen LogP contribution in [0.4, 0.5) is 10.6 Å². The summed E-state index contributed by atoms with van der Waals surface area (Å²) >= 11 is 6.15. The number of sulfonamides is 1. The molecule has 0 saturated heterocycles. The topological polar surface area (TPSA) is 115 Å². The second-order valence-corrected chi connectivity index (χ2v) is 11.8. The summed E-state index contributed by atoms with van der Waals surface area (Å²) in [5, 5.41) is 3.00. The number of pyridine rings is 1. The van der Waals surface area contributed by atoms with Crippen LogP contribution in [0.3, 0.4) is 0 Å². The summed E-state index contributed by atoms with van der Waals surface area (Å²) in [4.78, 5) is 21.1. The van der Waals surface area contributed by atoms with Crippen molar-refractivity contribution in [2.45, 2.75) is 45.3 Å². The lowest BCUT2D eigenvalue weighted by Crippen LogP contribution is -2.47. The number of carbonyl (C=O) groups is 1. The lowest BCUT2D eigenvalue weighted by molar-refractivity contribution is 0.0447. The number of aromatic nitrogens is 2. The van der Waals surface area contributed by atoms with Crippen LogP contribution in [-0.4, -0.2) is 43.4 Å². The van der Waals surface area contributed by atoms with Gasteiger partial charge in [-0.05, 0) is 45.4 Å². The van der Waals surface area contributed by atoms with Gasteiger partial charge < -0.3 is 14.5 Å². The second kappa shape index (κ2) is 9.87. The summed E-state index contributed by atoms with van der Waals surface area (Å²) < 4.78 is 36.5. The molecule has 1 atom stereocenters. The Hall–Kier alpha value is -3.11. The average Bonchev–Trinajstić information content (AvgIpc) is 3.22. The highest BCUT2D eigenvalue weighted by Gasteiger charge is 2.35. The fraction of sp³-hybridized carbons (Fsp3) is 0.375. The maximum Gasteiger partial charge on any atom is 0.408 e. The smallest absolute Gasteiger partial charge is 0.408 e. The molecule has 0 aliphatic heterocycles. The Balaban J connectivity index is 2.00. The largest absolute Gasteiger partial charge is 0.444 e. The second-order valence-electron chi connectivity index (χ2n) is 9.42. The number of anilines is 1. The van der Waals surface area contributed by atoms with Gasteiger partial charge in [0.25, 0.3) is 0 Å². The molecule has 0 unspecified atom stereocenters. The molecule has 9 nitrogen and oxygen atoms in total. The molecule has 11 heteroatoms. The summed E-state index contributed by atoms with van der Waals surface area (Å²) in [6.07, 6.45) is 2.39. The Bertz CT molecular complexity index is 1300. The summed E-state index contributed by atoms with van der Waals surface area (Å²) in [5.41, 5.74) is -0.285. The van der Waals surface area contributed by atoms with Crippen LogP contribution in [0.25, 0.3) is 11.5 Å². The highest BCUT2D eigenvalue weighted by Crippen LogP contribution is 2.32. The number of alkyl carbamates (subject to hydrolysis) is 1. The van der Waals surface area contributed by atoms with Crippen molar-refractivity contribution in [3.8, 4) is 11.5 Å².